The molecule has 0 N–H and O–H groups in total. The lowest BCUT2D eigenvalue weighted by Gasteiger charge is -2.28. The van der Waals surface area contributed by atoms with Crippen molar-refractivity contribution in [3.63, 3.8) is 0 Å². The highest BCUT2D eigenvalue weighted by atomic mass is 16.5. The van der Waals surface area contributed by atoms with Crippen molar-refractivity contribution < 1.29 is 13.9 Å². The third-order valence-electron chi connectivity index (χ3n) is 4.27. The summed E-state index contributed by atoms with van der Waals surface area (Å²) < 4.78 is 10.6. The molecule has 1 heterocycles. The Balaban J connectivity index is 1.81. The molecule has 0 aliphatic heterocycles. The van der Waals surface area contributed by atoms with E-state index in [9.17, 15) is 4.79 Å². The normalized spacial score (nSPS) is 15.0. The van der Waals surface area contributed by atoms with E-state index < -0.39 is 0 Å². The van der Waals surface area contributed by atoms with E-state index >= 15 is 0 Å². The lowest BCUT2D eigenvalue weighted by Crippen LogP contribution is -2.38. The predicted octanol–water partition coefficient (Wildman–Crippen LogP) is 3.87. The molecule has 1 aliphatic rings. The lowest BCUT2D eigenvalue weighted by molar-refractivity contribution is 0.0649. The zero-order valence-electron chi connectivity index (χ0n) is 12.8. The van der Waals surface area contributed by atoms with E-state index in [1.54, 1.807) is 13.4 Å². The first kappa shape index (κ1) is 14.7. The monoisotopic (exact) mass is 299 g/mol. The summed E-state index contributed by atoms with van der Waals surface area (Å²) in [6.45, 7) is 0.530. The topological polar surface area (TPSA) is 42.7 Å². The van der Waals surface area contributed by atoms with Crippen molar-refractivity contribution in [2.24, 2.45) is 0 Å². The maximum atomic E-state index is 12.9. The van der Waals surface area contributed by atoms with E-state index in [4.69, 9.17) is 9.15 Å². The Labute approximate surface area is 130 Å². The molecular formula is C18H21NO3. The summed E-state index contributed by atoms with van der Waals surface area (Å²) in [7, 11) is 1.62. The number of amides is 1. The number of benzene rings is 1. The van der Waals surface area contributed by atoms with Gasteiger partial charge < -0.3 is 14.1 Å². The van der Waals surface area contributed by atoms with Gasteiger partial charge in [0.1, 0.15) is 11.5 Å². The SMILES string of the molecule is COc1ccc(C(=O)N(Cc2ccco2)C2CCCC2)cc1. The number of furan rings is 1. The van der Waals surface area contributed by atoms with E-state index in [1.165, 1.54) is 12.8 Å². The summed E-state index contributed by atoms with van der Waals surface area (Å²) in [5.41, 5.74) is 0.694. The maximum Gasteiger partial charge on any atom is 0.254 e. The zero-order chi connectivity index (χ0) is 15.4. The first-order valence-corrected chi connectivity index (χ1v) is 7.75. The van der Waals surface area contributed by atoms with Crippen LogP contribution in [0.25, 0.3) is 0 Å². The number of methoxy groups -OCH3 is 1. The molecule has 0 spiro atoms. The van der Waals surface area contributed by atoms with Crippen molar-refractivity contribution in [1.29, 1.82) is 0 Å². The van der Waals surface area contributed by atoms with Crippen molar-refractivity contribution >= 4 is 5.91 Å². The zero-order valence-corrected chi connectivity index (χ0v) is 12.8. The van der Waals surface area contributed by atoms with Crippen molar-refractivity contribution in [2.75, 3.05) is 7.11 Å². The molecule has 1 fully saturated rings. The van der Waals surface area contributed by atoms with Crippen molar-refractivity contribution in [3.8, 4) is 5.75 Å². The van der Waals surface area contributed by atoms with Crippen LogP contribution in [0.3, 0.4) is 0 Å². The van der Waals surface area contributed by atoms with Crippen LogP contribution in [0, 0.1) is 0 Å². The van der Waals surface area contributed by atoms with Crippen molar-refractivity contribution in [2.45, 2.75) is 38.3 Å². The van der Waals surface area contributed by atoms with E-state index in [0.29, 0.717) is 18.2 Å². The van der Waals surface area contributed by atoms with Gasteiger partial charge in [0.15, 0.2) is 0 Å². The van der Waals surface area contributed by atoms with Crippen LogP contribution in [0.4, 0.5) is 0 Å². The number of carbonyl (C=O) groups is 1. The average Bonchev–Trinajstić information content (AvgIpc) is 3.25. The Morgan fingerprint density at radius 2 is 1.95 bits per heavy atom. The molecule has 2 aromatic rings. The predicted molar refractivity (Wildman–Crippen MR) is 83.8 cm³/mol. The molecule has 4 nitrogen and oxygen atoms in total. The molecule has 0 atom stereocenters. The van der Waals surface area contributed by atoms with Gasteiger partial charge in [-0.25, -0.2) is 0 Å². The molecule has 4 heteroatoms. The maximum absolute atomic E-state index is 12.9. The summed E-state index contributed by atoms with van der Waals surface area (Å²) in [5.74, 6) is 1.65. The highest BCUT2D eigenvalue weighted by Gasteiger charge is 2.28. The quantitative estimate of drug-likeness (QED) is 0.841. The van der Waals surface area contributed by atoms with Crippen LogP contribution in [-0.4, -0.2) is 24.0 Å². The molecule has 0 bridgehead atoms. The number of nitrogens with zero attached hydrogens (tertiary/aromatic N) is 1. The van der Waals surface area contributed by atoms with Gasteiger partial charge in [0.25, 0.3) is 5.91 Å². The molecule has 1 saturated carbocycles. The van der Waals surface area contributed by atoms with Crippen LogP contribution in [0.5, 0.6) is 5.75 Å². The van der Waals surface area contributed by atoms with Gasteiger partial charge in [0.05, 0.1) is 19.9 Å². The molecule has 1 aromatic carbocycles. The molecule has 0 saturated heterocycles. The van der Waals surface area contributed by atoms with Crippen LogP contribution >= 0.6 is 0 Å². The summed E-state index contributed by atoms with van der Waals surface area (Å²) in [6.07, 6.45) is 6.18. The summed E-state index contributed by atoms with van der Waals surface area (Å²) >= 11 is 0. The van der Waals surface area contributed by atoms with Gasteiger partial charge in [-0.1, -0.05) is 12.8 Å². The van der Waals surface area contributed by atoms with E-state index in [0.717, 1.165) is 24.4 Å². The van der Waals surface area contributed by atoms with E-state index in [-0.39, 0.29) is 5.91 Å². The number of rotatable bonds is 5. The Morgan fingerprint density at radius 1 is 1.23 bits per heavy atom. The van der Waals surface area contributed by atoms with Crippen molar-refractivity contribution in [3.05, 3.63) is 54.0 Å². The number of ether oxygens (including phenoxy) is 1. The van der Waals surface area contributed by atoms with Gasteiger partial charge in [-0.05, 0) is 49.2 Å². The van der Waals surface area contributed by atoms with Gasteiger partial charge in [0, 0.05) is 11.6 Å². The first-order valence-electron chi connectivity index (χ1n) is 7.75. The standard InChI is InChI=1S/C18H21NO3/c1-21-16-10-8-14(9-11-16)18(20)19(15-5-2-3-6-15)13-17-7-4-12-22-17/h4,7-12,15H,2-3,5-6,13H2,1H3. The van der Waals surface area contributed by atoms with E-state index in [1.807, 2.05) is 41.3 Å². The summed E-state index contributed by atoms with van der Waals surface area (Å²) in [5, 5.41) is 0. The minimum atomic E-state index is 0.0611. The third kappa shape index (κ3) is 3.16. The smallest absolute Gasteiger partial charge is 0.254 e. The minimum absolute atomic E-state index is 0.0611. The first-order chi connectivity index (χ1) is 10.8. The largest absolute Gasteiger partial charge is 0.497 e. The van der Waals surface area contributed by atoms with Crippen LogP contribution in [0.15, 0.2) is 47.1 Å². The fourth-order valence-electron chi connectivity index (χ4n) is 3.05. The Bertz CT molecular complexity index is 598. The second kappa shape index (κ2) is 6.69. The highest BCUT2D eigenvalue weighted by Crippen LogP contribution is 2.27. The molecule has 116 valence electrons. The van der Waals surface area contributed by atoms with Gasteiger partial charge in [0.2, 0.25) is 0 Å². The van der Waals surface area contributed by atoms with Crippen LogP contribution < -0.4 is 4.74 Å². The molecule has 0 radical (unpaired) electrons. The Hall–Kier alpha value is -2.23. The fourth-order valence-corrected chi connectivity index (χ4v) is 3.05. The molecule has 0 unspecified atom stereocenters. The molecule has 1 aromatic heterocycles. The van der Waals surface area contributed by atoms with Crippen LogP contribution in [0.1, 0.15) is 41.8 Å². The number of hydrogen-bond acceptors (Lipinski definition) is 3. The van der Waals surface area contributed by atoms with Gasteiger partial charge in [-0.2, -0.15) is 0 Å². The molecular weight excluding hydrogens is 278 g/mol. The second-order valence-corrected chi connectivity index (χ2v) is 5.68. The molecule has 1 amide bonds. The van der Waals surface area contributed by atoms with Gasteiger partial charge >= 0.3 is 0 Å². The fraction of sp³-hybridized carbons (Fsp3) is 0.389. The Kier molecular flexibility index (Phi) is 4.47. The van der Waals surface area contributed by atoms with Gasteiger partial charge in [-0.15, -0.1) is 0 Å². The highest BCUT2D eigenvalue weighted by molar-refractivity contribution is 5.94. The van der Waals surface area contributed by atoms with Gasteiger partial charge in [-0.3, -0.25) is 4.79 Å². The second-order valence-electron chi connectivity index (χ2n) is 5.68. The molecule has 1 aliphatic carbocycles. The van der Waals surface area contributed by atoms with E-state index in [2.05, 4.69) is 0 Å². The van der Waals surface area contributed by atoms with Crippen LogP contribution in [-0.2, 0) is 6.54 Å². The minimum Gasteiger partial charge on any atom is -0.497 e. The average molecular weight is 299 g/mol. The number of hydrogen-bond donors (Lipinski definition) is 0. The third-order valence-corrected chi connectivity index (χ3v) is 4.27. The summed E-state index contributed by atoms with van der Waals surface area (Å²) in [4.78, 5) is 14.9. The molecule has 3 rings (SSSR count). The van der Waals surface area contributed by atoms with Crippen LogP contribution in [0.2, 0.25) is 0 Å². The Morgan fingerprint density at radius 3 is 2.55 bits per heavy atom. The molecule has 22 heavy (non-hydrogen) atoms. The number of carbonyl (C=O) groups excluding carboxylic acids is 1. The lowest BCUT2D eigenvalue weighted by atomic mass is 10.1. The van der Waals surface area contributed by atoms with Crippen molar-refractivity contribution in [1.82, 2.24) is 4.90 Å². The summed E-state index contributed by atoms with van der Waals surface area (Å²) in [6, 6.07) is 11.4.